The number of ether oxygens (including phenoxy) is 1. The molecule has 1 fully saturated rings. The zero-order valence-electron chi connectivity index (χ0n) is 15.9. The first-order chi connectivity index (χ1) is 12.4. The average molecular weight is 389 g/mol. The van der Waals surface area contributed by atoms with Gasteiger partial charge in [-0.1, -0.05) is 6.07 Å². The van der Waals surface area contributed by atoms with Crippen LogP contribution in [0.1, 0.15) is 45.3 Å². The molecule has 0 spiro atoms. The maximum atomic E-state index is 13.9. The fourth-order valence-corrected chi connectivity index (χ4v) is 3.15. The highest BCUT2D eigenvalue weighted by molar-refractivity contribution is 5.68. The lowest BCUT2D eigenvalue weighted by atomic mass is 10.1. The number of amides is 1. The maximum absolute atomic E-state index is 13.9. The molecule has 2 atom stereocenters. The van der Waals surface area contributed by atoms with E-state index in [0.717, 1.165) is 0 Å². The Balaban J connectivity index is 2.33. The fraction of sp³-hybridized carbons (Fsp3) is 0.647. The summed E-state index contributed by atoms with van der Waals surface area (Å²) in [4.78, 5) is 18.8. The number of anilines is 1. The number of hydrogen-bond donors (Lipinski definition) is 2. The Kier molecular flexibility index (Phi) is 6.21. The average Bonchev–Trinajstić information content (AvgIpc) is 3.00. The number of nitrogens with two attached hydrogens (primary N) is 1. The molecule has 0 saturated carbocycles. The van der Waals surface area contributed by atoms with Gasteiger partial charge in [0.05, 0.1) is 11.9 Å². The van der Waals surface area contributed by atoms with Crippen LogP contribution in [0.2, 0.25) is 0 Å². The number of alkyl halides is 3. The van der Waals surface area contributed by atoms with Crippen LogP contribution < -0.4 is 11.3 Å². The van der Waals surface area contributed by atoms with Crippen molar-refractivity contribution in [3.63, 3.8) is 0 Å². The van der Waals surface area contributed by atoms with Gasteiger partial charge in [0, 0.05) is 13.6 Å². The third-order valence-corrected chi connectivity index (χ3v) is 4.23. The van der Waals surface area contributed by atoms with E-state index in [4.69, 9.17) is 10.6 Å². The fourth-order valence-electron chi connectivity index (χ4n) is 3.15. The summed E-state index contributed by atoms with van der Waals surface area (Å²) >= 11 is 0. The van der Waals surface area contributed by atoms with E-state index in [2.05, 4.69) is 10.4 Å². The summed E-state index contributed by atoms with van der Waals surface area (Å²) in [6.45, 7) is 5.31. The predicted octanol–water partition coefficient (Wildman–Crippen LogP) is 3.26. The van der Waals surface area contributed by atoms with Crippen molar-refractivity contribution in [2.24, 2.45) is 5.84 Å². The zero-order valence-corrected chi connectivity index (χ0v) is 15.9. The van der Waals surface area contributed by atoms with Crippen LogP contribution in [0.25, 0.3) is 0 Å². The first-order valence-electron chi connectivity index (χ1n) is 8.66. The van der Waals surface area contributed by atoms with Crippen molar-refractivity contribution in [2.45, 2.75) is 57.6 Å². The summed E-state index contributed by atoms with van der Waals surface area (Å²) in [7, 11) is 1.45. The maximum Gasteiger partial charge on any atom is 0.411 e. The van der Waals surface area contributed by atoms with Gasteiger partial charge in [-0.2, -0.15) is 13.2 Å². The number of nitrogen functional groups attached to an aromatic ring is 1. The smallest absolute Gasteiger partial charge is 0.411 e. The molecule has 0 bridgehead atoms. The van der Waals surface area contributed by atoms with Gasteiger partial charge in [-0.15, -0.1) is 0 Å². The van der Waals surface area contributed by atoms with Crippen LogP contribution in [0.3, 0.4) is 0 Å². The predicted molar refractivity (Wildman–Crippen MR) is 94.6 cm³/mol. The molecule has 152 valence electrons. The molecule has 10 heteroatoms. The summed E-state index contributed by atoms with van der Waals surface area (Å²) in [6.07, 6.45) is -5.04. The van der Waals surface area contributed by atoms with Crippen molar-refractivity contribution < 1.29 is 22.7 Å². The second-order valence-corrected chi connectivity index (χ2v) is 7.49. The van der Waals surface area contributed by atoms with Gasteiger partial charge >= 0.3 is 12.3 Å². The number of rotatable bonds is 4. The molecule has 1 saturated heterocycles. The van der Waals surface area contributed by atoms with Crippen LogP contribution in [-0.4, -0.2) is 52.4 Å². The van der Waals surface area contributed by atoms with Crippen LogP contribution in [-0.2, 0) is 4.74 Å². The van der Waals surface area contributed by atoms with E-state index in [0.29, 0.717) is 12.8 Å². The number of nitrogens with one attached hydrogen (secondary N) is 1. The molecule has 0 unspecified atom stereocenters. The topological polar surface area (TPSA) is 83.7 Å². The summed E-state index contributed by atoms with van der Waals surface area (Å²) in [5.74, 6) is 5.42. The second kappa shape index (κ2) is 7.89. The van der Waals surface area contributed by atoms with Gasteiger partial charge in [0.15, 0.2) is 6.04 Å². The minimum atomic E-state index is -4.57. The van der Waals surface area contributed by atoms with E-state index in [1.165, 1.54) is 35.0 Å². The molecular weight excluding hydrogens is 363 g/mol. The quantitative estimate of drug-likeness (QED) is 0.608. The van der Waals surface area contributed by atoms with Crippen molar-refractivity contribution in [3.8, 4) is 0 Å². The van der Waals surface area contributed by atoms with Gasteiger partial charge in [-0.25, -0.2) is 15.6 Å². The largest absolute Gasteiger partial charge is 0.444 e. The van der Waals surface area contributed by atoms with Crippen molar-refractivity contribution in [2.75, 3.05) is 19.0 Å². The highest BCUT2D eigenvalue weighted by Gasteiger charge is 2.50. The van der Waals surface area contributed by atoms with Gasteiger partial charge in [-0.05, 0) is 45.7 Å². The van der Waals surface area contributed by atoms with Gasteiger partial charge < -0.3 is 10.2 Å². The lowest BCUT2D eigenvalue weighted by Gasteiger charge is -2.38. The van der Waals surface area contributed by atoms with Crippen molar-refractivity contribution in [1.82, 2.24) is 14.8 Å². The van der Waals surface area contributed by atoms with E-state index in [1.807, 2.05) is 0 Å². The molecule has 1 aliphatic rings. The Morgan fingerprint density at radius 2 is 2.07 bits per heavy atom. The highest BCUT2D eigenvalue weighted by Crippen LogP contribution is 2.41. The minimum Gasteiger partial charge on any atom is -0.444 e. The lowest BCUT2D eigenvalue weighted by molar-refractivity contribution is -0.195. The number of carbonyl (C=O) groups is 1. The van der Waals surface area contributed by atoms with Crippen molar-refractivity contribution in [3.05, 3.63) is 23.9 Å². The van der Waals surface area contributed by atoms with Crippen molar-refractivity contribution >= 4 is 11.9 Å². The summed E-state index contributed by atoms with van der Waals surface area (Å²) < 4.78 is 47.1. The molecule has 1 aliphatic heterocycles. The number of likely N-dealkylation sites (tertiary alicyclic amines) is 1. The van der Waals surface area contributed by atoms with E-state index >= 15 is 0 Å². The van der Waals surface area contributed by atoms with E-state index in [1.54, 1.807) is 20.8 Å². The number of aromatic nitrogens is 1. The third kappa shape index (κ3) is 5.23. The number of halogens is 3. The number of nitrogens with zero attached hydrogens (tertiary/aromatic N) is 3. The van der Waals surface area contributed by atoms with Gasteiger partial charge in [-0.3, -0.25) is 9.80 Å². The molecule has 7 nitrogen and oxygen atoms in total. The molecule has 27 heavy (non-hydrogen) atoms. The van der Waals surface area contributed by atoms with Gasteiger partial charge in [0.1, 0.15) is 11.4 Å². The third-order valence-electron chi connectivity index (χ3n) is 4.23. The van der Waals surface area contributed by atoms with Crippen LogP contribution in [0.5, 0.6) is 0 Å². The molecule has 0 aromatic carbocycles. The SMILES string of the molecule is CN(C(=O)OC(C)(C)C)[C@H]1CCCN1[C@@H](c1cccc(NN)n1)C(F)(F)F. The lowest BCUT2D eigenvalue weighted by Crippen LogP contribution is -2.51. The molecule has 3 N–H and O–H groups in total. The van der Waals surface area contributed by atoms with Crippen LogP contribution >= 0.6 is 0 Å². The zero-order chi connectivity index (χ0) is 20.4. The molecule has 0 aliphatic carbocycles. The minimum absolute atomic E-state index is 0.137. The van der Waals surface area contributed by atoms with Gasteiger partial charge in [0.2, 0.25) is 0 Å². The summed E-state index contributed by atoms with van der Waals surface area (Å²) in [6, 6.07) is 2.29. The Morgan fingerprint density at radius 3 is 2.63 bits per heavy atom. The Morgan fingerprint density at radius 1 is 1.41 bits per heavy atom. The van der Waals surface area contributed by atoms with E-state index in [9.17, 15) is 18.0 Å². The standard InChI is InChI=1S/C17H26F3N5O2/c1-16(2,3)27-15(26)24(4)13-9-6-10-25(13)14(17(18,19)20)11-7-5-8-12(22-11)23-21/h5,7-8,13-14H,6,9-10,21H2,1-4H3,(H,22,23)/t13-,14+/m1/s1. The van der Waals surface area contributed by atoms with Crippen LogP contribution in [0, 0.1) is 0 Å². The Labute approximate surface area is 156 Å². The van der Waals surface area contributed by atoms with Crippen LogP contribution in [0.4, 0.5) is 23.8 Å². The molecular formula is C17H26F3N5O2. The number of hydrazine groups is 1. The normalized spacial score (nSPS) is 19.6. The molecule has 2 rings (SSSR count). The molecule has 2 heterocycles. The highest BCUT2D eigenvalue weighted by atomic mass is 19.4. The van der Waals surface area contributed by atoms with E-state index in [-0.39, 0.29) is 18.1 Å². The molecule has 1 aromatic rings. The second-order valence-electron chi connectivity index (χ2n) is 7.49. The monoisotopic (exact) mass is 389 g/mol. The first-order valence-corrected chi connectivity index (χ1v) is 8.66. The van der Waals surface area contributed by atoms with Crippen LogP contribution in [0.15, 0.2) is 18.2 Å². The number of hydrogen-bond acceptors (Lipinski definition) is 6. The Bertz CT molecular complexity index is 663. The first kappa shape index (κ1) is 21.2. The Hall–Kier alpha value is -2.07. The summed E-state index contributed by atoms with van der Waals surface area (Å²) in [5.41, 5.74) is 1.35. The molecule has 1 amide bonds. The van der Waals surface area contributed by atoms with Gasteiger partial charge in [0.25, 0.3) is 0 Å². The van der Waals surface area contributed by atoms with Crippen molar-refractivity contribution in [1.29, 1.82) is 0 Å². The molecule has 1 aromatic heterocycles. The molecule has 0 radical (unpaired) electrons. The number of pyridine rings is 1. The van der Waals surface area contributed by atoms with E-state index < -0.39 is 30.1 Å². The number of carbonyl (C=O) groups excluding carboxylic acids is 1. The summed E-state index contributed by atoms with van der Waals surface area (Å²) in [5, 5.41) is 0.